The molecule has 0 saturated heterocycles. The Labute approximate surface area is 280 Å². The monoisotopic (exact) mass is 685 g/mol. The molecule has 3 rings (SSSR count). The number of Topliss-reactive ketones (excluding diaryl/α,β-unsaturated/α-hetero) is 1. The van der Waals surface area contributed by atoms with Gasteiger partial charge in [-0.05, 0) is 26.7 Å². The molecule has 0 aromatic carbocycles. The van der Waals surface area contributed by atoms with E-state index in [1.807, 2.05) is 20.8 Å². The van der Waals surface area contributed by atoms with E-state index in [0.29, 0.717) is 24.0 Å². The number of aliphatic hydroxyl groups is 4. The largest absolute Gasteiger partial charge is 0.460 e. The van der Waals surface area contributed by atoms with Crippen molar-refractivity contribution in [2.24, 2.45) is 16.7 Å². The molecule has 0 heterocycles. The summed E-state index contributed by atoms with van der Waals surface area (Å²) in [4.78, 5) is 50.9. The fourth-order valence-electron chi connectivity index (χ4n) is 6.02. The van der Waals surface area contributed by atoms with Crippen LogP contribution in [-0.2, 0) is 47.6 Å². The standard InChI is InChI=1S/C33H51NO14/c1-19(13-35)16-45-27(47-21(14-36)17-46-26(15-37)43-6)18-44-24(39)8-7-23(38)34-12-25(40)48-30-28-20(2)33(9-10-33)32(5,42)29(41)22(28)11-31(30,3)4/h11,19,21,26-27,30,35-37,42H,7-10,12-18H2,1-6H3,(H,34,38)/t19?,21?,26?,27?,30-,32+/m0/s1. The Morgan fingerprint density at radius 2 is 1.62 bits per heavy atom. The van der Waals surface area contributed by atoms with Gasteiger partial charge in [-0.3, -0.25) is 19.2 Å². The van der Waals surface area contributed by atoms with E-state index in [9.17, 15) is 39.6 Å². The van der Waals surface area contributed by atoms with Crippen LogP contribution in [0.25, 0.3) is 0 Å². The molecule has 0 bridgehead atoms. The molecule has 1 amide bonds. The lowest BCUT2D eigenvalue weighted by Gasteiger charge is -2.40. The Hall–Kier alpha value is -2.76. The maximum absolute atomic E-state index is 13.2. The van der Waals surface area contributed by atoms with E-state index in [1.165, 1.54) is 7.11 Å². The summed E-state index contributed by atoms with van der Waals surface area (Å²) in [6.45, 7) is 6.77. The number of fused-ring (bicyclic) bond motifs is 1. The number of rotatable bonds is 20. The van der Waals surface area contributed by atoms with Crippen molar-refractivity contribution in [2.45, 2.75) is 90.7 Å². The van der Waals surface area contributed by atoms with Gasteiger partial charge in [-0.1, -0.05) is 32.4 Å². The van der Waals surface area contributed by atoms with Crippen molar-refractivity contribution in [2.75, 3.05) is 53.3 Å². The number of amides is 1. The second-order valence-corrected chi connectivity index (χ2v) is 13.4. The zero-order valence-corrected chi connectivity index (χ0v) is 28.6. The summed E-state index contributed by atoms with van der Waals surface area (Å²) in [5.74, 6) is -2.71. The Morgan fingerprint density at radius 3 is 2.21 bits per heavy atom. The van der Waals surface area contributed by atoms with E-state index >= 15 is 0 Å². The third kappa shape index (κ3) is 9.27. The first kappa shape index (κ1) is 39.7. The van der Waals surface area contributed by atoms with Crippen LogP contribution in [0.3, 0.4) is 0 Å². The van der Waals surface area contributed by atoms with E-state index in [4.69, 9.17) is 28.4 Å². The van der Waals surface area contributed by atoms with Crippen LogP contribution in [0.5, 0.6) is 0 Å². The lowest BCUT2D eigenvalue weighted by Crippen LogP contribution is -2.50. The minimum atomic E-state index is -1.53. The normalized spacial score (nSPS) is 24.8. The van der Waals surface area contributed by atoms with Crippen molar-refractivity contribution in [1.82, 2.24) is 5.32 Å². The summed E-state index contributed by atoms with van der Waals surface area (Å²) < 4.78 is 32.5. The van der Waals surface area contributed by atoms with Crippen LogP contribution in [0.1, 0.15) is 60.3 Å². The van der Waals surface area contributed by atoms with E-state index < -0.39 is 85.4 Å². The smallest absolute Gasteiger partial charge is 0.326 e. The van der Waals surface area contributed by atoms with Crippen molar-refractivity contribution < 1.29 is 68.0 Å². The van der Waals surface area contributed by atoms with E-state index in [0.717, 1.165) is 5.57 Å². The highest BCUT2D eigenvalue weighted by Crippen LogP contribution is 2.65. The maximum Gasteiger partial charge on any atom is 0.326 e. The second kappa shape index (κ2) is 16.8. The van der Waals surface area contributed by atoms with Gasteiger partial charge >= 0.3 is 11.9 Å². The first-order chi connectivity index (χ1) is 22.6. The number of esters is 2. The van der Waals surface area contributed by atoms with Gasteiger partial charge in [-0.25, -0.2) is 0 Å². The Morgan fingerprint density at radius 1 is 0.958 bits per heavy atom. The van der Waals surface area contributed by atoms with Crippen molar-refractivity contribution in [3.63, 3.8) is 0 Å². The number of carbonyl (C=O) groups is 4. The molecule has 3 aliphatic rings. The van der Waals surface area contributed by atoms with Gasteiger partial charge in [0.25, 0.3) is 0 Å². The predicted octanol–water partition coefficient (Wildman–Crippen LogP) is 0.0644. The zero-order valence-electron chi connectivity index (χ0n) is 28.6. The molecule has 15 heteroatoms. The van der Waals surface area contributed by atoms with E-state index in [2.05, 4.69) is 5.32 Å². The van der Waals surface area contributed by atoms with Crippen molar-refractivity contribution in [3.8, 4) is 0 Å². The summed E-state index contributed by atoms with van der Waals surface area (Å²) in [6, 6.07) is 0. The predicted molar refractivity (Wildman–Crippen MR) is 167 cm³/mol. The van der Waals surface area contributed by atoms with Crippen molar-refractivity contribution >= 4 is 23.6 Å². The molecule has 15 nitrogen and oxygen atoms in total. The van der Waals surface area contributed by atoms with Gasteiger partial charge in [0, 0.05) is 48.0 Å². The quantitative estimate of drug-likeness (QED) is 0.0847. The second-order valence-electron chi connectivity index (χ2n) is 13.4. The molecule has 0 aromatic rings. The molecule has 272 valence electrons. The van der Waals surface area contributed by atoms with E-state index in [-0.39, 0.29) is 44.4 Å². The summed E-state index contributed by atoms with van der Waals surface area (Å²) in [5.41, 5.74) is -1.09. The minimum Gasteiger partial charge on any atom is -0.460 e. The van der Waals surface area contributed by atoms with Crippen LogP contribution in [-0.4, -0.2) is 128 Å². The first-order valence-corrected chi connectivity index (χ1v) is 16.1. The Kier molecular flexibility index (Phi) is 13.9. The number of aliphatic hydroxyl groups excluding tert-OH is 3. The lowest BCUT2D eigenvalue weighted by atomic mass is 9.67. The highest BCUT2D eigenvalue weighted by atomic mass is 16.7. The van der Waals surface area contributed by atoms with Gasteiger partial charge in [0.15, 0.2) is 18.4 Å². The number of ether oxygens (including phenoxy) is 6. The molecule has 0 radical (unpaired) electrons. The molecule has 5 N–H and O–H groups in total. The molecule has 0 aliphatic heterocycles. The molecule has 1 spiro atoms. The number of methoxy groups -OCH3 is 1. The summed E-state index contributed by atoms with van der Waals surface area (Å²) in [7, 11) is 1.34. The number of carbonyl (C=O) groups excluding carboxylic acids is 4. The van der Waals surface area contributed by atoms with Crippen LogP contribution in [0, 0.1) is 16.7 Å². The molecular weight excluding hydrogens is 634 g/mol. The lowest BCUT2D eigenvalue weighted by molar-refractivity contribution is -0.231. The van der Waals surface area contributed by atoms with Crippen LogP contribution in [0.4, 0.5) is 0 Å². The van der Waals surface area contributed by atoms with Crippen molar-refractivity contribution in [1.29, 1.82) is 0 Å². The third-order valence-corrected chi connectivity index (χ3v) is 9.16. The summed E-state index contributed by atoms with van der Waals surface area (Å²) in [5, 5.41) is 41.7. The number of nitrogens with one attached hydrogen (secondary N) is 1. The highest BCUT2D eigenvalue weighted by Gasteiger charge is 2.66. The fourth-order valence-corrected chi connectivity index (χ4v) is 6.02. The molecule has 3 aliphatic carbocycles. The van der Waals surface area contributed by atoms with Gasteiger partial charge in [-0.2, -0.15) is 0 Å². The SMILES string of the molecule is COC(CO)OCC(CO)OC(COC(=O)CCC(=O)NCC(=O)O[C@H]1C2=C(C)C3(CC3)[C@](C)(O)C(=O)C2=CC1(C)C)OCC(C)CO. The van der Waals surface area contributed by atoms with Gasteiger partial charge in [-0.15, -0.1) is 0 Å². The number of ketones is 1. The Bertz CT molecular complexity index is 1230. The molecule has 6 atom stereocenters. The Balaban J connectivity index is 1.48. The fraction of sp³-hybridized carbons (Fsp3) is 0.758. The van der Waals surface area contributed by atoms with Crippen LogP contribution in [0.2, 0.25) is 0 Å². The summed E-state index contributed by atoms with van der Waals surface area (Å²) in [6.07, 6.45) is -1.31. The van der Waals surface area contributed by atoms with Gasteiger partial charge in [0.05, 0.1) is 32.8 Å². The van der Waals surface area contributed by atoms with Crippen molar-refractivity contribution in [3.05, 3.63) is 22.8 Å². The molecular formula is C33H51NO14. The first-order valence-electron chi connectivity index (χ1n) is 16.1. The van der Waals surface area contributed by atoms with Crippen LogP contribution >= 0.6 is 0 Å². The maximum atomic E-state index is 13.2. The molecule has 1 fully saturated rings. The molecule has 4 unspecified atom stereocenters. The van der Waals surface area contributed by atoms with Gasteiger partial charge in [0.2, 0.25) is 5.91 Å². The zero-order chi connectivity index (χ0) is 35.9. The minimum absolute atomic E-state index is 0.0534. The topological polar surface area (TPSA) is 217 Å². The average molecular weight is 686 g/mol. The van der Waals surface area contributed by atoms with E-state index in [1.54, 1.807) is 19.9 Å². The summed E-state index contributed by atoms with van der Waals surface area (Å²) >= 11 is 0. The van der Waals surface area contributed by atoms with Gasteiger partial charge in [0.1, 0.15) is 31.0 Å². The average Bonchev–Trinajstić information content (AvgIpc) is 3.83. The molecule has 0 aromatic heterocycles. The number of hydrogen-bond acceptors (Lipinski definition) is 14. The van der Waals surface area contributed by atoms with Gasteiger partial charge < -0.3 is 54.2 Å². The number of hydrogen-bond donors (Lipinski definition) is 5. The van der Waals surface area contributed by atoms with Crippen LogP contribution in [0.15, 0.2) is 22.8 Å². The van der Waals surface area contributed by atoms with Crippen LogP contribution < -0.4 is 5.32 Å². The highest BCUT2D eigenvalue weighted by molar-refractivity contribution is 6.09. The molecule has 48 heavy (non-hydrogen) atoms. The molecule has 1 saturated carbocycles. The third-order valence-electron chi connectivity index (χ3n) is 9.16.